The van der Waals surface area contributed by atoms with Crippen LogP contribution in [0.4, 0.5) is 0 Å². The van der Waals surface area contributed by atoms with Crippen molar-refractivity contribution in [2.75, 3.05) is 40.4 Å². The maximum Gasteiger partial charge on any atom is 0.326 e. The lowest BCUT2D eigenvalue weighted by Crippen LogP contribution is -2.60. The Morgan fingerprint density at radius 3 is 1.68 bits per heavy atom. The van der Waals surface area contributed by atoms with E-state index in [9.17, 15) is 37.5 Å². The number of fused-ring (bicyclic) bond motifs is 2. The van der Waals surface area contributed by atoms with Crippen LogP contribution in [0.5, 0.6) is 11.5 Å². The van der Waals surface area contributed by atoms with Crippen molar-refractivity contribution in [2.45, 2.75) is 191 Å². The van der Waals surface area contributed by atoms with Crippen LogP contribution in [-0.4, -0.2) is 203 Å². The van der Waals surface area contributed by atoms with Crippen LogP contribution >= 0.6 is 0 Å². The molecule has 0 unspecified atom stereocenters. The molecule has 6 aromatic carbocycles. The molecule has 9 N–H and O–H groups in total. The Labute approximate surface area is 686 Å². The van der Waals surface area contributed by atoms with E-state index in [-0.39, 0.29) is 71.4 Å². The molecule has 8 aromatic rings. The second-order valence-electron chi connectivity index (χ2n) is 32.8. The van der Waals surface area contributed by atoms with Crippen LogP contribution in [0.2, 0.25) is 0 Å². The number of rotatable bonds is 16. The van der Waals surface area contributed by atoms with Gasteiger partial charge in [-0.25, -0.2) is 19.2 Å². The summed E-state index contributed by atoms with van der Waals surface area (Å²) < 4.78 is 50.3. The summed E-state index contributed by atoms with van der Waals surface area (Å²) in [6.07, 6.45) is 1.95. The van der Waals surface area contributed by atoms with Gasteiger partial charge in [-0.15, -0.1) is 5.10 Å². The molecule has 2 saturated heterocycles. The summed E-state index contributed by atoms with van der Waals surface area (Å²) in [4.78, 5) is 154. The Hall–Kier alpha value is -11.5. The van der Waals surface area contributed by atoms with Crippen LogP contribution in [0.25, 0.3) is 21.5 Å². The number of nitrogens with zero attached hydrogens (tertiary/aromatic N) is 6. The lowest BCUT2D eigenvalue weighted by Gasteiger charge is -2.36. The number of pyridine rings is 1. The predicted molar refractivity (Wildman–Crippen MR) is 440 cm³/mol. The smallest absolute Gasteiger partial charge is 0.326 e. The van der Waals surface area contributed by atoms with Gasteiger partial charge >= 0.3 is 5.97 Å². The first-order valence-corrected chi connectivity index (χ1v) is 41.3. The summed E-state index contributed by atoms with van der Waals surface area (Å²) in [6, 6.07) is 32.2. The van der Waals surface area contributed by atoms with Gasteiger partial charge in [0.1, 0.15) is 60.1 Å². The van der Waals surface area contributed by atoms with E-state index in [2.05, 4.69) is 57.2 Å². The Morgan fingerprint density at radius 2 is 1.12 bits per heavy atom. The number of carboxylic acid groups (broad SMARTS) is 1. The van der Waals surface area contributed by atoms with E-state index in [1.165, 1.54) is 38.9 Å². The highest BCUT2D eigenvalue weighted by Gasteiger charge is 2.49. The van der Waals surface area contributed by atoms with Crippen molar-refractivity contribution in [2.24, 2.45) is 16.7 Å². The average Bonchev–Trinajstić information content (AvgIpc) is 1.63. The third-order valence-electron chi connectivity index (χ3n) is 21.8. The molecule has 6 aliphatic heterocycles. The minimum atomic E-state index is -4.64. The largest absolute Gasteiger partial charge is 0.494 e. The fourth-order valence-electron chi connectivity index (χ4n) is 14.8. The van der Waals surface area contributed by atoms with E-state index < -0.39 is 164 Å². The number of ether oxygens (including phenoxy) is 3. The van der Waals surface area contributed by atoms with Crippen molar-refractivity contribution in [3.05, 3.63) is 192 Å². The zero-order chi connectivity index (χ0) is 84.8. The number of nitrogens with one attached hydrogen (secondary N) is 8. The minimum Gasteiger partial charge on any atom is -0.494 e. The molecular weight excluding hydrogens is 1530 g/mol. The van der Waals surface area contributed by atoms with Crippen molar-refractivity contribution in [3.8, 4) is 11.5 Å². The molecule has 12 atom stereocenters. The number of carbonyl (C=O) groups is 10. The molecule has 2 aromatic heterocycles. The molecule has 30 nitrogen and oxygen atoms in total. The number of likely N-dealkylation sites (tertiary alicyclic amines) is 2. The number of hydrogen-bond acceptors (Lipinski definition) is 20. The highest BCUT2D eigenvalue weighted by atomic mass is 32.2. The minimum absolute atomic E-state index is 0.0170. The van der Waals surface area contributed by atoms with Gasteiger partial charge in [0.25, 0.3) is 15.9 Å². The number of sulfonamides is 1. The summed E-state index contributed by atoms with van der Waals surface area (Å²) in [5.74, 6) is -7.87. The number of carbonyl (C=O) groups excluding carboxylic acids is 9. The Bertz CT molecular complexity index is 5060. The number of amides is 8. The van der Waals surface area contributed by atoms with Gasteiger partial charge in [-0.2, -0.15) is 8.42 Å². The molecule has 0 aliphatic carbocycles. The molecule has 2 fully saturated rings. The second kappa shape index (κ2) is 38.7. The Kier molecular flexibility index (Phi) is 28.6. The van der Waals surface area contributed by atoms with E-state index in [0.29, 0.717) is 52.3 Å². The summed E-state index contributed by atoms with van der Waals surface area (Å²) in [7, 11) is -1.42. The van der Waals surface area contributed by atoms with E-state index in [1.54, 1.807) is 124 Å². The SMILES string of the molecule is CN[C@@H](C)C(=O)N[C@H](C(=O)N1C[C@@H]2C[C@H]1C(=O)C[C@@H](Cc1ccc3ccccc3c1)C(=O)N[C@H](C(=O)NS(=O)(=O)c1ccccn1)Cc1ccc(cc1)OCc1cn(nn1)[C@H]1C[C@@H](C(=O)N[C@@H](Cc3ccc4ccccc4c3)C(=O)N[C@H](C(=O)O)Cc3ccc(cc3)OCCCCO2)N(C(=O)[C@@H](NC(=O)[C@H](C)NC)C(C)(C)C)C1)C(C)(C)C. The van der Waals surface area contributed by atoms with Gasteiger partial charge in [-0.05, 0) is 138 Å². The molecule has 10 bridgehead atoms. The van der Waals surface area contributed by atoms with Gasteiger partial charge in [-0.3, -0.25) is 43.2 Å². The highest BCUT2D eigenvalue weighted by molar-refractivity contribution is 7.90. The maximum absolute atomic E-state index is 15.5. The highest BCUT2D eigenvalue weighted by Crippen LogP contribution is 2.34. The van der Waals surface area contributed by atoms with Gasteiger partial charge in [-0.1, -0.05) is 162 Å². The molecule has 0 spiro atoms. The lowest BCUT2D eigenvalue weighted by molar-refractivity contribution is -0.145. The third-order valence-corrected chi connectivity index (χ3v) is 23.1. The number of ketones is 1. The van der Waals surface area contributed by atoms with Crippen molar-refractivity contribution in [1.29, 1.82) is 0 Å². The number of benzene rings is 6. The van der Waals surface area contributed by atoms with Crippen LogP contribution in [0.1, 0.15) is 121 Å². The van der Waals surface area contributed by atoms with Crippen LogP contribution in [0, 0.1) is 16.7 Å². The predicted octanol–water partition coefficient (Wildman–Crippen LogP) is 6.03. The zero-order valence-corrected chi connectivity index (χ0v) is 68.9. The second-order valence-corrected chi connectivity index (χ2v) is 34.4. The van der Waals surface area contributed by atoms with Gasteiger partial charge in [0, 0.05) is 70.3 Å². The van der Waals surface area contributed by atoms with Crippen LogP contribution in [0.3, 0.4) is 0 Å². The molecule has 118 heavy (non-hydrogen) atoms. The van der Waals surface area contributed by atoms with Crippen LogP contribution < -0.4 is 51.4 Å². The molecular formula is C87H106N14O16S. The fourth-order valence-corrected chi connectivity index (χ4v) is 15.7. The topological polar surface area (TPSA) is 399 Å². The number of likely N-dealkylation sites (N-methyl/N-ethyl adjacent to an activating group) is 2. The number of hydrogen-bond donors (Lipinski definition) is 9. The molecule has 0 radical (unpaired) electrons. The summed E-state index contributed by atoms with van der Waals surface area (Å²) >= 11 is 0. The first kappa shape index (κ1) is 87.3. The van der Waals surface area contributed by atoms with Crippen molar-refractivity contribution >= 4 is 90.6 Å². The zero-order valence-electron chi connectivity index (χ0n) is 68.1. The molecule has 31 heteroatoms. The van der Waals surface area contributed by atoms with Gasteiger partial charge in [0.05, 0.1) is 43.1 Å². The quantitative estimate of drug-likeness (QED) is 0.0533. The monoisotopic (exact) mass is 1630 g/mol. The van der Waals surface area contributed by atoms with E-state index in [1.807, 2.05) is 84.9 Å². The van der Waals surface area contributed by atoms with Crippen molar-refractivity contribution in [1.82, 2.24) is 71.7 Å². The van der Waals surface area contributed by atoms with E-state index in [0.717, 1.165) is 21.5 Å². The number of aliphatic carboxylic acids is 1. The lowest BCUT2D eigenvalue weighted by atomic mass is 9.85. The molecule has 626 valence electrons. The summed E-state index contributed by atoms with van der Waals surface area (Å²) in [5.41, 5.74) is 0.777. The molecule has 14 rings (SSSR count). The molecule has 6 aliphatic rings. The molecule has 8 amide bonds. The first-order chi connectivity index (χ1) is 56.2. The Balaban J connectivity index is 0.927. The fraction of sp³-hybridized carbons (Fsp3) is 0.437. The van der Waals surface area contributed by atoms with E-state index >= 15 is 24.0 Å². The molecule has 8 heterocycles. The van der Waals surface area contributed by atoms with E-state index in [4.69, 9.17) is 14.2 Å². The standard InChI is InChI=1S/C87H106N14O16S/c1-52(88-9)77(103)94-75(86(3,4)5)83(109)99-49-64-46-72(99)82(108)92-68(44-57-25-31-59-20-12-14-22-61(59)40-57)80(106)93-70(85(111)112)43-55-26-32-65(33-27-55)115-37-17-18-38-116-67-47-71(100(50-67)84(110)76(87(6,7)8)95-78(104)53(2)89-10)73(102)45-62(41-56-24-30-58-19-11-13-21-60(58)39-56)79(105)91-69(81(107)97-118(113,114)74-23-15-16-36-90-74)42-54-28-34-66(35-29-54)117-51-63-48-101(64)98-96-63/h11-16,19-36,39-40,48,52-53,62,64,67-72,75-76,88-89H,17-18,37-38,41-47,49-51H2,1-10H3,(H,91,105)(H,92,108)(H,93,106)(H,94,103)(H,95,104)(H,97,107)(H,111,112)/t52-,53-,62+,64-,67-,68-,69-,70-,71-,72-,75+,76+/m0/s1. The van der Waals surface area contributed by atoms with Gasteiger partial charge in [0.15, 0.2) is 10.8 Å². The van der Waals surface area contributed by atoms with Gasteiger partial charge in [0.2, 0.25) is 41.4 Å². The third kappa shape index (κ3) is 22.6. The van der Waals surface area contributed by atoms with Gasteiger partial charge < -0.3 is 66.3 Å². The number of Topliss-reactive ketones (excluding diaryl/α,β-unsaturated/α-hetero) is 1. The van der Waals surface area contributed by atoms with Crippen molar-refractivity contribution in [3.63, 3.8) is 0 Å². The first-order valence-electron chi connectivity index (χ1n) is 39.8. The van der Waals surface area contributed by atoms with Crippen LogP contribution in [0.15, 0.2) is 169 Å². The summed E-state index contributed by atoms with van der Waals surface area (Å²) in [6.45, 7) is 14.1. The maximum atomic E-state index is 15.5. The Morgan fingerprint density at radius 1 is 0.585 bits per heavy atom. The van der Waals surface area contributed by atoms with Crippen LogP contribution in [-0.2, 0) is 95.0 Å². The number of carboxylic acids is 1. The van der Waals surface area contributed by atoms with Crippen molar-refractivity contribution < 1.29 is 75.7 Å². The normalized spacial score (nSPS) is 21.5. The molecule has 0 saturated carbocycles. The average molecular weight is 1640 g/mol. The number of aromatic nitrogens is 4. The summed E-state index contributed by atoms with van der Waals surface area (Å²) in [5, 5.41) is 42.8.